The molecule has 0 aliphatic rings. The highest BCUT2D eigenvalue weighted by Gasteiger charge is 2.15. The largest absolute Gasteiger partial charge is 0.423 e. The molecule has 4 aromatic rings. The number of carbonyl (C=O) groups excluding carboxylic acids is 1. The Balaban J connectivity index is 1.53. The zero-order valence-corrected chi connectivity index (χ0v) is 18.2. The van der Waals surface area contributed by atoms with Gasteiger partial charge in [-0.1, -0.05) is 22.0 Å². The number of nitrogens with one attached hydrogen (secondary N) is 2. The van der Waals surface area contributed by atoms with Gasteiger partial charge in [-0.2, -0.15) is 0 Å². The van der Waals surface area contributed by atoms with E-state index in [-0.39, 0.29) is 16.1 Å². The Hall–Kier alpha value is -3.43. The molecule has 0 aliphatic heterocycles. The van der Waals surface area contributed by atoms with E-state index >= 15 is 0 Å². The fraction of sp³-hybridized carbons (Fsp3) is 0. The molecule has 0 aliphatic carbocycles. The number of hydrogen-bond acceptors (Lipinski definition) is 5. The zero-order valence-electron chi connectivity index (χ0n) is 15.8. The van der Waals surface area contributed by atoms with Crippen molar-refractivity contribution in [2.24, 2.45) is 0 Å². The minimum atomic E-state index is -3.80. The first-order chi connectivity index (χ1) is 14.8. The summed E-state index contributed by atoms with van der Waals surface area (Å²) in [5.74, 6) is -0.415. The second kappa shape index (κ2) is 8.37. The molecule has 4 rings (SSSR count). The average molecular weight is 499 g/mol. The van der Waals surface area contributed by atoms with Gasteiger partial charge in [-0.25, -0.2) is 13.2 Å². The smallest absolute Gasteiger partial charge is 0.336 e. The van der Waals surface area contributed by atoms with Crippen molar-refractivity contribution in [1.82, 2.24) is 0 Å². The van der Waals surface area contributed by atoms with E-state index in [1.165, 1.54) is 24.3 Å². The molecule has 156 valence electrons. The summed E-state index contributed by atoms with van der Waals surface area (Å²) in [6.45, 7) is 0. The van der Waals surface area contributed by atoms with Gasteiger partial charge in [0, 0.05) is 32.9 Å². The number of rotatable bonds is 5. The summed E-state index contributed by atoms with van der Waals surface area (Å²) in [6.07, 6.45) is 0. The Morgan fingerprint density at radius 2 is 1.65 bits per heavy atom. The molecule has 7 nitrogen and oxygen atoms in total. The van der Waals surface area contributed by atoms with Crippen molar-refractivity contribution < 1.29 is 17.6 Å². The predicted octanol–water partition coefficient (Wildman–Crippen LogP) is 4.61. The van der Waals surface area contributed by atoms with Crippen molar-refractivity contribution in [1.29, 1.82) is 0 Å². The highest BCUT2D eigenvalue weighted by molar-refractivity contribution is 9.10. The zero-order chi connectivity index (χ0) is 22.0. The fourth-order valence-electron chi connectivity index (χ4n) is 2.90. The Labute approximate surface area is 185 Å². The lowest BCUT2D eigenvalue weighted by Crippen LogP contribution is -2.15. The normalized spacial score (nSPS) is 11.3. The van der Waals surface area contributed by atoms with Gasteiger partial charge in [-0.15, -0.1) is 0 Å². The van der Waals surface area contributed by atoms with Gasteiger partial charge < -0.3 is 9.73 Å². The monoisotopic (exact) mass is 498 g/mol. The van der Waals surface area contributed by atoms with Gasteiger partial charge in [-0.05, 0) is 66.7 Å². The molecule has 0 saturated carbocycles. The quantitative estimate of drug-likeness (QED) is 0.391. The topological polar surface area (TPSA) is 105 Å². The van der Waals surface area contributed by atoms with Crippen LogP contribution in [0.25, 0.3) is 11.0 Å². The number of amides is 1. The van der Waals surface area contributed by atoms with Crippen molar-refractivity contribution in [2.75, 3.05) is 10.0 Å². The second-order valence-corrected chi connectivity index (χ2v) is 9.20. The van der Waals surface area contributed by atoms with Gasteiger partial charge in [0.05, 0.1) is 4.90 Å². The van der Waals surface area contributed by atoms with Crippen molar-refractivity contribution in [3.05, 3.63) is 99.3 Å². The molecule has 31 heavy (non-hydrogen) atoms. The van der Waals surface area contributed by atoms with Gasteiger partial charge in [0.25, 0.3) is 15.9 Å². The third kappa shape index (κ3) is 4.84. The summed E-state index contributed by atoms with van der Waals surface area (Å²) in [5, 5.41) is 3.41. The number of sulfonamides is 1. The minimum absolute atomic E-state index is 0.105. The number of anilines is 2. The summed E-state index contributed by atoms with van der Waals surface area (Å²) in [5.41, 5.74) is 1.00. The van der Waals surface area contributed by atoms with Crippen LogP contribution in [-0.2, 0) is 10.0 Å². The highest BCUT2D eigenvalue weighted by atomic mass is 79.9. The molecule has 1 amide bonds. The van der Waals surface area contributed by atoms with Crippen LogP contribution in [0, 0.1) is 0 Å². The van der Waals surface area contributed by atoms with Crippen LogP contribution in [-0.4, -0.2) is 14.3 Å². The van der Waals surface area contributed by atoms with Gasteiger partial charge in [-0.3, -0.25) is 9.52 Å². The fourth-order valence-corrected chi connectivity index (χ4v) is 4.22. The number of benzene rings is 3. The predicted molar refractivity (Wildman–Crippen MR) is 122 cm³/mol. The van der Waals surface area contributed by atoms with Crippen molar-refractivity contribution >= 4 is 54.2 Å². The molecule has 0 saturated heterocycles. The summed E-state index contributed by atoms with van der Waals surface area (Å²) in [6, 6.07) is 20.2. The van der Waals surface area contributed by atoms with Crippen LogP contribution in [0.15, 0.2) is 97.4 Å². The van der Waals surface area contributed by atoms with Crippen LogP contribution in [0.2, 0.25) is 0 Å². The third-order valence-electron chi connectivity index (χ3n) is 4.38. The van der Waals surface area contributed by atoms with Crippen LogP contribution in [0.5, 0.6) is 0 Å². The van der Waals surface area contributed by atoms with E-state index in [1.807, 2.05) is 0 Å². The number of carbonyl (C=O) groups is 1. The van der Waals surface area contributed by atoms with Crippen LogP contribution in [0.3, 0.4) is 0 Å². The maximum Gasteiger partial charge on any atom is 0.336 e. The molecule has 1 heterocycles. The Morgan fingerprint density at radius 3 is 2.42 bits per heavy atom. The Bertz CT molecular complexity index is 1450. The van der Waals surface area contributed by atoms with E-state index < -0.39 is 21.6 Å². The third-order valence-corrected chi connectivity index (χ3v) is 6.30. The molecule has 0 bridgehead atoms. The molecule has 9 heteroatoms. The van der Waals surface area contributed by atoms with Crippen LogP contribution in [0.1, 0.15) is 10.4 Å². The Morgan fingerprint density at radius 1 is 0.871 bits per heavy atom. The minimum Gasteiger partial charge on any atom is -0.423 e. The first kappa shape index (κ1) is 20.8. The second-order valence-electron chi connectivity index (χ2n) is 6.60. The van der Waals surface area contributed by atoms with Gasteiger partial charge in [0.1, 0.15) is 5.58 Å². The van der Waals surface area contributed by atoms with Crippen molar-refractivity contribution in [3.63, 3.8) is 0 Å². The lowest BCUT2D eigenvalue weighted by atomic mass is 10.1. The number of fused-ring (bicyclic) bond motifs is 1. The standard InChI is InChI=1S/C22H15BrN2O5S/c23-16-5-8-19(9-6-16)31(28,29)25-18-3-1-2-15(13-18)22(27)24-17-7-10-20-14(12-17)4-11-21(26)30-20/h1-13,25H,(H,24,27). The summed E-state index contributed by atoms with van der Waals surface area (Å²) < 4.78 is 33.5. The van der Waals surface area contributed by atoms with E-state index in [1.54, 1.807) is 54.6 Å². The van der Waals surface area contributed by atoms with Gasteiger partial charge in [0.2, 0.25) is 0 Å². The molecule has 0 unspecified atom stereocenters. The lowest BCUT2D eigenvalue weighted by Gasteiger charge is -2.10. The lowest BCUT2D eigenvalue weighted by molar-refractivity contribution is 0.102. The number of halogens is 1. The molecular formula is C22H15BrN2O5S. The van der Waals surface area contributed by atoms with E-state index in [2.05, 4.69) is 26.0 Å². The highest BCUT2D eigenvalue weighted by Crippen LogP contribution is 2.21. The van der Waals surface area contributed by atoms with E-state index in [9.17, 15) is 18.0 Å². The van der Waals surface area contributed by atoms with E-state index in [0.717, 1.165) is 4.47 Å². The van der Waals surface area contributed by atoms with Crippen LogP contribution < -0.4 is 15.7 Å². The number of hydrogen-bond donors (Lipinski definition) is 2. The van der Waals surface area contributed by atoms with Gasteiger partial charge in [0.15, 0.2) is 0 Å². The molecular weight excluding hydrogens is 484 g/mol. The molecule has 0 radical (unpaired) electrons. The van der Waals surface area contributed by atoms with Crippen molar-refractivity contribution in [2.45, 2.75) is 4.90 Å². The maximum absolute atomic E-state index is 12.7. The molecule has 0 fully saturated rings. The van der Waals surface area contributed by atoms with Crippen LogP contribution >= 0.6 is 15.9 Å². The Kier molecular flexibility index (Phi) is 5.62. The molecule has 1 aromatic heterocycles. The first-order valence-corrected chi connectivity index (χ1v) is 11.3. The summed E-state index contributed by atoms with van der Waals surface area (Å²) >= 11 is 3.27. The summed E-state index contributed by atoms with van der Waals surface area (Å²) in [4.78, 5) is 24.0. The SMILES string of the molecule is O=C(Nc1ccc2oc(=O)ccc2c1)c1cccc(NS(=O)(=O)c2ccc(Br)cc2)c1. The maximum atomic E-state index is 12.7. The van der Waals surface area contributed by atoms with Crippen LogP contribution in [0.4, 0.5) is 11.4 Å². The van der Waals surface area contributed by atoms with E-state index in [0.29, 0.717) is 16.7 Å². The molecule has 0 spiro atoms. The molecule has 0 atom stereocenters. The summed E-state index contributed by atoms with van der Waals surface area (Å²) in [7, 11) is -3.80. The van der Waals surface area contributed by atoms with Gasteiger partial charge >= 0.3 is 5.63 Å². The molecule has 3 aromatic carbocycles. The van der Waals surface area contributed by atoms with E-state index in [4.69, 9.17) is 4.42 Å². The first-order valence-electron chi connectivity index (χ1n) is 9.04. The van der Waals surface area contributed by atoms with Crippen molar-refractivity contribution in [3.8, 4) is 0 Å². The average Bonchev–Trinajstić information content (AvgIpc) is 2.74. The molecule has 2 N–H and O–H groups in total.